The molecule has 166 valence electrons. The van der Waals surface area contributed by atoms with Crippen molar-refractivity contribution in [1.29, 1.82) is 0 Å². The second kappa shape index (κ2) is 9.92. The van der Waals surface area contributed by atoms with Crippen LogP contribution in [0.25, 0.3) is 6.08 Å². The first kappa shape index (κ1) is 23.4. The van der Waals surface area contributed by atoms with Gasteiger partial charge in [-0.1, -0.05) is 18.5 Å². The third-order valence-corrected chi connectivity index (χ3v) is 5.06. The van der Waals surface area contributed by atoms with Crippen LogP contribution in [0.15, 0.2) is 45.5 Å². The highest BCUT2D eigenvalue weighted by molar-refractivity contribution is 9.10. The van der Waals surface area contributed by atoms with Gasteiger partial charge in [0.1, 0.15) is 5.02 Å². The lowest BCUT2D eigenvalue weighted by Gasteiger charge is -2.13. The van der Waals surface area contributed by atoms with Crippen LogP contribution in [-0.4, -0.2) is 29.4 Å². The van der Waals surface area contributed by atoms with Gasteiger partial charge < -0.3 is 14.2 Å². The zero-order chi connectivity index (χ0) is 23.4. The van der Waals surface area contributed by atoms with E-state index in [4.69, 9.17) is 25.8 Å². The highest BCUT2D eigenvalue weighted by atomic mass is 79.9. The molecule has 1 heterocycles. The fourth-order valence-electron chi connectivity index (χ4n) is 2.70. The van der Waals surface area contributed by atoms with Crippen LogP contribution in [0.2, 0.25) is 5.02 Å². The van der Waals surface area contributed by atoms with Crippen molar-refractivity contribution >= 4 is 57.1 Å². The fourth-order valence-corrected chi connectivity index (χ4v) is 3.42. The molecule has 0 saturated carbocycles. The van der Waals surface area contributed by atoms with E-state index >= 15 is 0 Å². The van der Waals surface area contributed by atoms with Crippen molar-refractivity contribution < 1.29 is 28.7 Å². The smallest absolute Gasteiger partial charge is 0.363 e. The SMILES string of the molecule is CCOc1cc(/C=C2\N=C(c3ccc(Cl)c([N+](=O)[O-])c3)OC2=O)cc(Br)c1OC(=O)CC. The van der Waals surface area contributed by atoms with Gasteiger partial charge in [0.25, 0.3) is 5.69 Å². The minimum absolute atomic E-state index is 0.0229. The van der Waals surface area contributed by atoms with E-state index in [1.165, 1.54) is 24.3 Å². The maximum Gasteiger partial charge on any atom is 0.363 e. The molecule has 0 saturated heterocycles. The highest BCUT2D eigenvalue weighted by Crippen LogP contribution is 2.38. The van der Waals surface area contributed by atoms with E-state index in [1.807, 2.05) is 0 Å². The number of aliphatic imine (C=N–C) groups is 1. The van der Waals surface area contributed by atoms with E-state index in [9.17, 15) is 19.7 Å². The third kappa shape index (κ3) is 5.14. The Morgan fingerprint density at radius 1 is 1.31 bits per heavy atom. The van der Waals surface area contributed by atoms with E-state index in [-0.39, 0.29) is 40.0 Å². The number of nitrogens with zero attached hydrogens (tertiary/aromatic N) is 2. The van der Waals surface area contributed by atoms with Crippen LogP contribution in [0.1, 0.15) is 31.4 Å². The van der Waals surface area contributed by atoms with Crippen molar-refractivity contribution in [2.75, 3.05) is 6.61 Å². The molecule has 32 heavy (non-hydrogen) atoms. The summed E-state index contributed by atoms with van der Waals surface area (Å²) >= 11 is 9.18. The van der Waals surface area contributed by atoms with Crippen LogP contribution in [0.3, 0.4) is 0 Å². The first-order valence-electron chi connectivity index (χ1n) is 9.37. The van der Waals surface area contributed by atoms with Crippen LogP contribution in [0.5, 0.6) is 11.5 Å². The minimum atomic E-state index is -0.729. The number of nitro groups is 1. The Morgan fingerprint density at radius 3 is 2.72 bits per heavy atom. The number of rotatable bonds is 7. The Balaban J connectivity index is 1.98. The van der Waals surface area contributed by atoms with E-state index in [1.54, 1.807) is 26.0 Å². The molecule has 0 N–H and O–H groups in total. The molecule has 0 spiro atoms. The van der Waals surface area contributed by atoms with Gasteiger partial charge in [-0.3, -0.25) is 14.9 Å². The summed E-state index contributed by atoms with van der Waals surface area (Å²) in [6.45, 7) is 3.77. The zero-order valence-electron chi connectivity index (χ0n) is 16.9. The molecule has 0 aliphatic carbocycles. The monoisotopic (exact) mass is 522 g/mol. The molecule has 1 aliphatic rings. The van der Waals surface area contributed by atoms with E-state index in [2.05, 4.69) is 20.9 Å². The Kier molecular flexibility index (Phi) is 7.26. The third-order valence-electron chi connectivity index (χ3n) is 4.15. The predicted molar refractivity (Wildman–Crippen MR) is 120 cm³/mol. The lowest BCUT2D eigenvalue weighted by molar-refractivity contribution is -0.384. The maximum atomic E-state index is 12.3. The van der Waals surface area contributed by atoms with Crippen molar-refractivity contribution in [3.8, 4) is 11.5 Å². The number of ether oxygens (including phenoxy) is 3. The number of cyclic esters (lactones) is 1. The highest BCUT2D eigenvalue weighted by Gasteiger charge is 2.26. The van der Waals surface area contributed by atoms with Gasteiger partial charge in [-0.05, 0) is 58.8 Å². The summed E-state index contributed by atoms with van der Waals surface area (Å²) in [4.78, 5) is 38.6. The van der Waals surface area contributed by atoms with Crippen molar-refractivity contribution in [3.05, 3.63) is 66.8 Å². The molecule has 2 aromatic rings. The van der Waals surface area contributed by atoms with Crippen molar-refractivity contribution in [2.24, 2.45) is 4.99 Å². The molecule has 11 heteroatoms. The second-order valence-electron chi connectivity index (χ2n) is 6.35. The number of halogens is 2. The molecule has 0 aromatic heterocycles. The summed E-state index contributed by atoms with van der Waals surface area (Å²) in [5, 5.41) is 11.1. The van der Waals surface area contributed by atoms with Crippen molar-refractivity contribution in [2.45, 2.75) is 20.3 Å². The summed E-state index contributed by atoms with van der Waals surface area (Å²) in [5.41, 5.74) is 0.402. The van der Waals surface area contributed by atoms with Crippen LogP contribution >= 0.6 is 27.5 Å². The summed E-state index contributed by atoms with van der Waals surface area (Å²) < 4.78 is 16.5. The minimum Gasteiger partial charge on any atom is -0.490 e. The summed E-state index contributed by atoms with van der Waals surface area (Å²) in [7, 11) is 0. The van der Waals surface area contributed by atoms with E-state index < -0.39 is 16.9 Å². The van der Waals surface area contributed by atoms with Gasteiger partial charge in [0.15, 0.2) is 17.2 Å². The molecule has 2 aromatic carbocycles. The van der Waals surface area contributed by atoms with Crippen molar-refractivity contribution in [3.63, 3.8) is 0 Å². The van der Waals surface area contributed by atoms with Gasteiger partial charge in [-0.25, -0.2) is 9.79 Å². The van der Waals surface area contributed by atoms with Crippen molar-refractivity contribution in [1.82, 2.24) is 0 Å². The molecule has 0 bridgehead atoms. The number of hydrogen-bond donors (Lipinski definition) is 0. The maximum absolute atomic E-state index is 12.3. The quantitative estimate of drug-likeness (QED) is 0.163. The first-order chi connectivity index (χ1) is 15.2. The predicted octanol–water partition coefficient (Wildman–Crippen LogP) is 5.07. The van der Waals surface area contributed by atoms with Crippen LogP contribution in [-0.2, 0) is 14.3 Å². The molecular weight excluding hydrogens is 508 g/mol. The molecular formula is C21H16BrClN2O7. The number of hydrogen-bond acceptors (Lipinski definition) is 8. The van der Waals surface area contributed by atoms with Gasteiger partial charge in [-0.15, -0.1) is 0 Å². The second-order valence-corrected chi connectivity index (χ2v) is 7.61. The Hall–Kier alpha value is -3.24. The summed E-state index contributed by atoms with van der Waals surface area (Å²) in [6, 6.07) is 7.19. The van der Waals surface area contributed by atoms with Crippen LogP contribution < -0.4 is 9.47 Å². The lowest BCUT2D eigenvalue weighted by atomic mass is 10.1. The molecule has 1 aliphatic heterocycles. The molecule has 0 radical (unpaired) electrons. The number of carbonyl (C=O) groups excluding carboxylic acids is 2. The topological polar surface area (TPSA) is 117 Å². The molecule has 0 atom stereocenters. The summed E-state index contributed by atoms with van der Waals surface area (Å²) in [5.74, 6) is -0.706. The fraction of sp³-hybridized carbons (Fsp3) is 0.190. The number of benzene rings is 2. The molecule has 9 nitrogen and oxygen atoms in total. The first-order valence-corrected chi connectivity index (χ1v) is 10.5. The average Bonchev–Trinajstić information content (AvgIpc) is 3.10. The largest absolute Gasteiger partial charge is 0.490 e. The van der Waals surface area contributed by atoms with Crippen LogP contribution in [0, 0.1) is 10.1 Å². The molecule has 0 amide bonds. The Labute approximate surface area is 195 Å². The van der Waals surface area contributed by atoms with E-state index in [0.29, 0.717) is 22.4 Å². The van der Waals surface area contributed by atoms with Gasteiger partial charge in [0.2, 0.25) is 5.90 Å². The molecule has 0 unspecified atom stereocenters. The number of nitro benzene ring substituents is 1. The normalized spacial score (nSPS) is 14.2. The Bertz CT molecular complexity index is 1180. The lowest BCUT2D eigenvalue weighted by Crippen LogP contribution is -2.08. The standard InChI is InChI=1S/C21H16BrClN2O7/c1-3-18(26)31-19-13(22)7-11(9-17(19)30-4-2)8-15-21(27)32-20(24-15)12-5-6-14(23)16(10-12)25(28)29/h5-10H,3-4H2,1-2H3/b15-8-. The molecule has 3 rings (SSSR count). The Morgan fingerprint density at radius 2 is 2.06 bits per heavy atom. The number of carbonyl (C=O) groups is 2. The van der Waals surface area contributed by atoms with Crippen LogP contribution in [0.4, 0.5) is 5.69 Å². The van der Waals surface area contributed by atoms with Gasteiger partial charge in [0, 0.05) is 18.1 Å². The zero-order valence-corrected chi connectivity index (χ0v) is 19.2. The summed E-state index contributed by atoms with van der Waals surface area (Å²) in [6.07, 6.45) is 1.65. The van der Waals surface area contributed by atoms with Gasteiger partial charge >= 0.3 is 11.9 Å². The van der Waals surface area contributed by atoms with Gasteiger partial charge in [0.05, 0.1) is 16.0 Å². The molecule has 0 fully saturated rings. The average molecular weight is 524 g/mol. The number of esters is 2. The van der Waals surface area contributed by atoms with Gasteiger partial charge in [-0.2, -0.15) is 0 Å². The van der Waals surface area contributed by atoms with E-state index in [0.717, 1.165) is 0 Å².